The zero-order valence-electron chi connectivity index (χ0n) is 16.7. The first-order valence-corrected chi connectivity index (χ1v) is 10.1. The molecule has 0 atom stereocenters. The monoisotopic (exact) mass is 531 g/mol. The molecule has 0 heterocycles. The fraction of sp³-hybridized carbons (Fsp3) is 0.211. The van der Waals surface area contributed by atoms with E-state index in [1.165, 1.54) is 33.5 Å². The molecule has 0 aliphatic carbocycles. The lowest BCUT2D eigenvalue weighted by atomic mass is 10.1. The summed E-state index contributed by atoms with van der Waals surface area (Å²) in [7, 11) is 4.33. The van der Waals surface area contributed by atoms with E-state index in [0.717, 1.165) is 0 Å². The Morgan fingerprint density at radius 2 is 1.65 bits per heavy atom. The Labute approximate surface area is 197 Å². The molecule has 2 amide bonds. The second-order valence-corrected chi connectivity index (χ2v) is 7.43. The van der Waals surface area contributed by atoms with Gasteiger partial charge in [0.05, 0.1) is 25.8 Å². The average Bonchev–Trinajstić information content (AvgIpc) is 2.75. The van der Waals surface area contributed by atoms with Crippen LogP contribution < -0.4 is 35.1 Å². The molecule has 0 radical (unpaired) electrons. The van der Waals surface area contributed by atoms with Crippen LogP contribution in [0, 0.1) is 0 Å². The summed E-state index contributed by atoms with van der Waals surface area (Å²) < 4.78 is 21.6. The number of rotatable bonds is 7. The van der Waals surface area contributed by atoms with Gasteiger partial charge in [0.2, 0.25) is 5.75 Å². The van der Waals surface area contributed by atoms with Gasteiger partial charge in [-0.05, 0) is 58.5 Å². The summed E-state index contributed by atoms with van der Waals surface area (Å²) in [6.07, 6.45) is 0. The molecular formula is C19H19BrClN3O6S. The van der Waals surface area contributed by atoms with Gasteiger partial charge in [-0.3, -0.25) is 25.8 Å². The van der Waals surface area contributed by atoms with E-state index in [4.69, 9.17) is 42.8 Å². The molecule has 0 saturated carbocycles. The fourth-order valence-electron chi connectivity index (χ4n) is 2.32. The number of hydrazine groups is 1. The molecule has 0 aromatic heterocycles. The molecule has 12 heteroatoms. The van der Waals surface area contributed by atoms with Crippen molar-refractivity contribution in [3.05, 3.63) is 45.4 Å². The zero-order valence-corrected chi connectivity index (χ0v) is 19.9. The molecule has 31 heavy (non-hydrogen) atoms. The van der Waals surface area contributed by atoms with Gasteiger partial charge < -0.3 is 18.9 Å². The first-order valence-electron chi connectivity index (χ1n) is 8.57. The quantitative estimate of drug-likeness (QED) is 0.369. The van der Waals surface area contributed by atoms with E-state index in [-0.39, 0.29) is 17.3 Å². The van der Waals surface area contributed by atoms with Gasteiger partial charge in [0, 0.05) is 10.6 Å². The SMILES string of the molecule is COc1cc(C(=O)NC(=S)NNC(=O)COc2ccc(Cl)cc2Br)cc(OC)c1OC. The highest BCUT2D eigenvalue weighted by molar-refractivity contribution is 9.10. The molecule has 0 saturated heterocycles. The van der Waals surface area contributed by atoms with E-state index < -0.39 is 11.8 Å². The summed E-state index contributed by atoms with van der Waals surface area (Å²) >= 11 is 14.2. The molecule has 2 rings (SSSR count). The molecule has 0 bridgehead atoms. The third kappa shape index (κ3) is 6.88. The third-order valence-corrected chi connectivity index (χ3v) is 4.78. The highest BCUT2D eigenvalue weighted by atomic mass is 79.9. The number of ether oxygens (including phenoxy) is 4. The summed E-state index contributed by atoms with van der Waals surface area (Å²) in [6, 6.07) is 7.83. The predicted molar refractivity (Wildman–Crippen MR) is 122 cm³/mol. The Morgan fingerprint density at radius 1 is 1.00 bits per heavy atom. The number of carbonyl (C=O) groups excluding carboxylic acids is 2. The lowest BCUT2D eigenvalue weighted by Gasteiger charge is -2.15. The van der Waals surface area contributed by atoms with Crippen molar-refractivity contribution in [1.82, 2.24) is 16.2 Å². The van der Waals surface area contributed by atoms with Crippen molar-refractivity contribution in [2.75, 3.05) is 27.9 Å². The molecule has 0 spiro atoms. The van der Waals surface area contributed by atoms with Gasteiger partial charge >= 0.3 is 0 Å². The van der Waals surface area contributed by atoms with Crippen LogP contribution in [-0.2, 0) is 4.79 Å². The first kappa shape index (κ1) is 24.5. The molecule has 0 fully saturated rings. The maximum absolute atomic E-state index is 12.5. The molecular weight excluding hydrogens is 514 g/mol. The van der Waals surface area contributed by atoms with Gasteiger partial charge in [-0.2, -0.15) is 0 Å². The number of carbonyl (C=O) groups is 2. The average molecular weight is 533 g/mol. The van der Waals surface area contributed by atoms with Crippen molar-refractivity contribution in [1.29, 1.82) is 0 Å². The molecule has 0 aliphatic rings. The zero-order chi connectivity index (χ0) is 23.0. The summed E-state index contributed by atoms with van der Waals surface area (Å²) in [5, 5.41) is 2.83. The number of benzene rings is 2. The van der Waals surface area contributed by atoms with Gasteiger partial charge in [-0.15, -0.1) is 0 Å². The van der Waals surface area contributed by atoms with Crippen molar-refractivity contribution in [2.45, 2.75) is 0 Å². The Bertz CT molecular complexity index is 966. The highest BCUT2D eigenvalue weighted by Gasteiger charge is 2.18. The standard InChI is InChI=1S/C19H19BrClN3O6S/c1-27-14-6-10(7-15(28-2)17(14)29-3)18(26)22-19(31)24-23-16(25)9-30-13-5-4-11(21)8-12(13)20/h4-8H,9H2,1-3H3,(H,23,25)(H2,22,24,26,31). The van der Waals surface area contributed by atoms with Gasteiger partial charge in [0.1, 0.15) is 5.75 Å². The van der Waals surface area contributed by atoms with Crippen molar-refractivity contribution < 1.29 is 28.5 Å². The molecule has 2 aromatic carbocycles. The van der Waals surface area contributed by atoms with Crippen molar-refractivity contribution >= 4 is 56.7 Å². The minimum atomic E-state index is -0.549. The number of nitrogens with one attached hydrogen (secondary N) is 3. The van der Waals surface area contributed by atoms with Crippen LogP contribution in [0.25, 0.3) is 0 Å². The minimum Gasteiger partial charge on any atom is -0.493 e. The van der Waals surface area contributed by atoms with E-state index >= 15 is 0 Å². The predicted octanol–water partition coefficient (Wildman–Crippen LogP) is 2.84. The lowest BCUT2D eigenvalue weighted by molar-refractivity contribution is -0.123. The fourth-order valence-corrected chi connectivity index (χ4v) is 3.26. The van der Waals surface area contributed by atoms with E-state index in [2.05, 4.69) is 32.1 Å². The van der Waals surface area contributed by atoms with Crippen molar-refractivity contribution in [2.24, 2.45) is 0 Å². The van der Waals surface area contributed by atoms with Crippen LogP contribution in [0.2, 0.25) is 5.02 Å². The van der Waals surface area contributed by atoms with Gasteiger partial charge in [0.25, 0.3) is 11.8 Å². The van der Waals surface area contributed by atoms with Crippen molar-refractivity contribution in [3.63, 3.8) is 0 Å². The lowest BCUT2D eigenvalue weighted by Crippen LogP contribution is -2.49. The van der Waals surface area contributed by atoms with Crippen LogP contribution in [0.15, 0.2) is 34.8 Å². The van der Waals surface area contributed by atoms with E-state index in [1.54, 1.807) is 18.2 Å². The van der Waals surface area contributed by atoms with Crippen LogP contribution in [0.4, 0.5) is 0 Å². The summed E-state index contributed by atoms with van der Waals surface area (Å²) in [4.78, 5) is 24.4. The molecule has 3 N–H and O–H groups in total. The summed E-state index contributed by atoms with van der Waals surface area (Å²) in [5.41, 5.74) is 4.96. The molecule has 166 valence electrons. The van der Waals surface area contributed by atoms with E-state index in [1.807, 2.05) is 0 Å². The first-order chi connectivity index (χ1) is 14.8. The molecule has 2 aromatic rings. The van der Waals surface area contributed by atoms with Crippen LogP contribution in [0.5, 0.6) is 23.0 Å². The van der Waals surface area contributed by atoms with Gasteiger partial charge in [-0.1, -0.05) is 11.6 Å². The van der Waals surface area contributed by atoms with Crippen LogP contribution in [-0.4, -0.2) is 44.9 Å². The Hall–Kier alpha value is -2.76. The normalized spacial score (nSPS) is 9.97. The van der Waals surface area contributed by atoms with E-state index in [0.29, 0.717) is 32.5 Å². The van der Waals surface area contributed by atoms with Crippen molar-refractivity contribution in [3.8, 4) is 23.0 Å². The van der Waals surface area contributed by atoms with Gasteiger partial charge in [0.15, 0.2) is 23.2 Å². The molecule has 0 unspecified atom stereocenters. The summed E-state index contributed by atoms with van der Waals surface area (Å²) in [6.45, 7) is -0.295. The van der Waals surface area contributed by atoms with Crippen LogP contribution in [0.3, 0.4) is 0 Å². The number of hydrogen-bond donors (Lipinski definition) is 3. The Balaban J connectivity index is 1.89. The Kier molecular flexibility index (Phi) is 9.16. The maximum atomic E-state index is 12.5. The minimum absolute atomic E-state index is 0.125. The second kappa shape index (κ2) is 11.6. The number of hydrogen-bond acceptors (Lipinski definition) is 7. The molecule has 0 aliphatic heterocycles. The van der Waals surface area contributed by atoms with E-state index in [9.17, 15) is 9.59 Å². The number of halogens is 2. The van der Waals surface area contributed by atoms with Crippen LogP contribution >= 0.6 is 39.7 Å². The van der Waals surface area contributed by atoms with Crippen LogP contribution in [0.1, 0.15) is 10.4 Å². The number of methoxy groups -OCH3 is 3. The highest BCUT2D eigenvalue weighted by Crippen LogP contribution is 2.38. The maximum Gasteiger partial charge on any atom is 0.276 e. The largest absolute Gasteiger partial charge is 0.493 e. The Morgan fingerprint density at radius 3 is 2.19 bits per heavy atom. The van der Waals surface area contributed by atoms with Gasteiger partial charge in [-0.25, -0.2) is 0 Å². The third-order valence-electron chi connectivity index (χ3n) is 3.72. The summed E-state index contributed by atoms with van der Waals surface area (Å²) in [5.74, 6) is 0.340. The topological polar surface area (TPSA) is 107 Å². The number of amides is 2. The number of thiocarbonyl (C=S) groups is 1. The molecule has 9 nitrogen and oxygen atoms in total. The smallest absolute Gasteiger partial charge is 0.276 e. The second-order valence-electron chi connectivity index (χ2n) is 5.73.